The van der Waals surface area contributed by atoms with Crippen LogP contribution in [0.3, 0.4) is 0 Å². The van der Waals surface area contributed by atoms with Crippen molar-refractivity contribution in [2.75, 3.05) is 30.0 Å². The van der Waals surface area contributed by atoms with Crippen molar-refractivity contribution in [3.05, 3.63) is 45.9 Å². The molecule has 8 nitrogen and oxygen atoms in total. The van der Waals surface area contributed by atoms with E-state index in [1.54, 1.807) is 6.92 Å². The fraction of sp³-hybridized carbons (Fsp3) is 0.444. The molecule has 1 aromatic carbocycles. The van der Waals surface area contributed by atoms with Crippen molar-refractivity contribution in [2.45, 2.75) is 32.1 Å². The molecule has 1 aliphatic rings. The van der Waals surface area contributed by atoms with Crippen molar-refractivity contribution in [1.82, 2.24) is 14.3 Å². The number of halogens is 4. The number of benzene rings is 1. The van der Waals surface area contributed by atoms with E-state index in [1.165, 1.54) is 10.4 Å². The fourth-order valence-corrected chi connectivity index (χ4v) is 4.71. The number of sulfonamides is 1. The Morgan fingerprint density at radius 1 is 1.32 bits per heavy atom. The Bertz CT molecular complexity index is 1080. The predicted octanol–water partition coefficient (Wildman–Crippen LogP) is 2.58. The third-order valence-electron chi connectivity index (χ3n) is 4.90. The van der Waals surface area contributed by atoms with Gasteiger partial charge in [0, 0.05) is 30.8 Å². The molecular weight excluding hydrogens is 459 g/mol. The SMILES string of the molecule is C[C@@H](Nc1nc(Cl)nc2c1CN(S(=O)(=O)CCO)CC2)c1cc(N)cc(C(F)(F)F)c1. The largest absolute Gasteiger partial charge is 0.416 e. The first-order chi connectivity index (χ1) is 14.4. The first kappa shape index (κ1) is 23.5. The number of aliphatic hydroxyl groups excluding tert-OH is 1. The van der Waals surface area contributed by atoms with Crippen molar-refractivity contribution in [3.8, 4) is 0 Å². The van der Waals surface area contributed by atoms with Gasteiger partial charge in [-0.2, -0.15) is 17.5 Å². The van der Waals surface area contributed by atoms with Crippen LogP contribution < -0.4 is 11.1 Å². The molecule has 31 heavy (non-hydrogen) atoms. The van der Waals surface area contributed by atoms with Crippen LogP contribution in [0.4, 0.5) is 24.7 Å². The van der Waals surface area contributed by atoms with Gasteiger partial charge in [-0.25, -0.2) is 18.4 Å². The summed E-state index contributed by atoms with van der Waals surface area (Å²) in [7, 11) is -3.69. The molecule has 0 fully saturated rings. The number of anilines is 2. The molecule has 4 N–H and O–H groups in total. The lowest BCUT2D eigenvalue weighted by molar-refractivity contribution is -0.137. The highest BCUT2D eigenvalue weighted by atomic mass is 35.5. The van der Waals surface area contributed by atoms with Gasteiger partial charge in [0.15, 0.2) is 0 Å². The van der Waals surface area contributed by atoms with E-state index in [9.17, 15) is 21.6 Å². The highest BCUT2D eigenvalue weighted by Gasteiger charge is 2.32. The van der Waals surface area contributed by atoms with E-state index < -0.39 is 40.2 Å². The van der Waals surface area contributed by atoms with Crippen LogP contribution in [0.15, 0.2) is 18.2 Å². The Kier molecular flexibility index (Phi) is 6.65. The number of alkyl halides is 3. The fourth-order valence-electron chi connectivity index (χ4n) is 3.34. The van der Waals surface area contributed by atoms with E-state index in [0.29, 0.717) is 11.3 Å². The summed E-state index contributed by atoms with van der Waals surface area (Å²) < 4.78 is 65.3. The second-order valence-corrected chi connectivity index (χ2v) is 9.57. The van der Waals surface area contributed by atoms with Gasteiger partial charge >= 0.3 is 6.18 Å². The lowest BCUT2D eigenvalue weighted by atomic mass is 10.0. The first-order valence-electron chi connectivity index (χ1n) is 9.29. The number of hydrogen-bond donors (Lipinski definition) is 3. The smallest absolute Gasteiger partial charge is 0.399 e. The summed E-state index contributed by atoms with van der Waals surface area (Å²) >= 11 is 6.00. The van der Waals surface area contributed by atoms with Gasteiger partial charge < -0.3 is 16.2 Å². The van der Waals surface area contributed by atoms with E-state index in [1.807, 2.05) is 0 Å². The number of aliphatic hydroxyl groups is 1. The molecule has 0 saturated heterocycles. The maximum atomic E-state index is 13.1. The van der Waals surface area contributed by atoms with E-state index >= 15 is 0 Å². The standard InChI is InChI=1S/C18H21ClF3N5O3S/c1-10(11-6-12(18(20,21)22)8-13(23)7-11)24-16-14-9-27(31(29,30)5-4-28)3-2-15(14)25-17(19)26-16/h6-8,10,28H,2-5,9,23H2,1H3,(H,24,25,26)/t10-/m1/s1. The number of fused-ring (bicyclic) bond motifs is 1. The molecule has 0 radical (unpaired) electrons. The van der Waals surface area contributed by atoms with Crippen LogP contribution >= 0.6 is 11.6 Å². The molecule has 170 valence electrons. The Morgan fingerprint density at radius 2 is 2.03 bits per heavy atom. The molecule has 2 aromatic rings. The third kappa shape index (κ3) is 5.37. The number of nitrogens with one attached hydrogen (secondary N) is 1. The van der Waals surface area contributed by atoms with Gasteiger partial charge in [0.2, 0.25) is 15.3 Å². The molecule has 1 aromatic heterocycles. The molecule has 2 heterocycles. The number of nitrogens with two attached hydrogens (primary N) is 1. The summed E-state index contributed by atoms with van der Waals surface area (Å²) in [6.07, 6.45) is -4.27. The summed E-state index contributed by atoms with van der Waals surface area (Å²) in [6, 6.07) is 2.61. The zero-order valence-electron chi connectivity index (χ0n) is 16.4. The van der Waals surface area contributed by atoms with Gasteiger partial charge in [-0.1, -0.05) is 0 Å². The average molecular weight is 480 g/mol. The molecule has 0 saturated carbocycles. The minimum atomic E-state index is -4.55. The minimum absolute atomic E-state index is 0.0394. The quantitative estimate of drug-likeness (QED) is 0.430. The Morgan fingerprint density at radius 3 is 2.68 bits per heavy atom. The second kappa shape index (κ2) is 8.77. The Hall–Kier alpha value is -2.15. The lowest BCUT2D eigenvalue weighted by Gasteiger charge is -2.29. The predicted molar refractivity (Wildman–Crippen MR) is 110 cm³/mol. The maximum Gasteiger partial charge on any atom is 0.416 e. The van der Waals surface area contributed by atoms with Crippen molar-refractivity contribution < 1.29 is 26.7 Å². The zero-order valence-corrected chi connectivity index (χ0v) is 18.0. The second-order valence-electron chi connectivity index (χ2n) is 7.14. The third-order valence-corrected chi connectivity index (χ3v) is 6.86. The summed E-state index contributed by atoms with van der Waals surface area (Å²) in [5.41, 5.74) is 6.03. The Balaban J connectivity index is 1.93. The van der Waals surface area contributed by atoms with Crippen molar-refractivity contribution in [2.24, 2.45) is 0 Å². The molecular formula is C18H21ClF3N5O3S. The summed E-state index contributed by atoms with van der Waals surface area (Å²) in [5.74, 6) is -0.193. The van der Waals surface area contributed by atoms with Crippen molar-refractivity contribution in [1.29, 1.82) is 0 Å². The highest BCUT2D eigenvalue weighted by molar-refractivity contribution is 7.89. The molecule has 1 atom stereocenters. The maximum absolute atomic E-state index is 13.1. The molecule has 0 amide bonds. The van der Waals surface area contributed by atoms with Crippen molar-refractivity contribution >= 4 is 33.1 Å². The normalized spacial score (nSPS) is 16.1. The molecule has 0 aliphatic carbocycles. The Labute approximate surface area is 182 Å². The van der Waals surface area contributed by atoms with Gasteiger partial charge in [0.25, 0.3) is 0 Å². The van der Waals surface area contributed by atoms with Gasteiger partial charge in [0.1, 0.15) is 5.82 Å². The topological polar surface area (TPSA) is 121 Å². The van der Waals surface area contributed by atoms with Crippen LogP contribution in [0.25, 0.3) is 0 Å². The monoisotopic (exact) mass is 479 g/mol. The molecule has 0 spiro atoms. The number of nitrogen functional groups attached to an aromatic ring is 1. The van der Waals surface area contributed by atoms with Gasteiger partial charge in [-0.15, -0.1) is 0 Å². The highest BCUT2D eigenvalue weighted by Crippen LogP contribution is 2.34. The van der Waals surface area contributed by atoms with Gasteiger partial charge in [-0.05, 0) is 42.3 Å². The van der Waals surface area contributed by atoms with Crippen LogP contribution in [0.5, 0.6) is 0 Å². The van der Waals surface area contributed by atoms with Crippen LogP contribution in [0.1, 0.15) is 35.3 Å². The molecule has 13 heteroatoms. The van der Waals surface area contributed by atoms with Crippen LogP contribution in [-0.4, -0.2) is 46.7 Å². The van der Waals surface area contributed by atoms with E-state index in [0.717, 1.165) is 12.1 Å². The summed E-state index contributed by atoms with van der Waals surface area (Å²) in [5, 5.41) is 12.0. The van der Waals surface area contributed by atoms with Crippen LogP contribution in [0.2, 0.25) is 5.28 Å². The van der Waals surface area contributed by atoms with Gasteiger partial charge in [-0.3, -0.25) is 0 Å². The molecule has 0 unspecified atom stereocenters. The van der Waals surface area contributed by atoms with E-state index in [-0.39, 0.29) is 41.9 Å². The van der Waals surface area contributed by atoms with E-state index in [4.69, 9.17) is 22.4 Å². The molecule has 0 bridgehead atoms. The van der Waals surface area contributed by atoms with Crippen molar-refractivity contribution in [3.63, 3.8) is 0 Å². The summed E-state index contributed by atoms with van der Waals surface area (Å²) in [4.78, 5) is 8.28. The van der Waals surface area contributed by atoms with Crippen LogP contribution in [-0.2, 0) is 29.2 Å². The van der Waals surface area contributed by atoms with Gasteiger partial charge in [0.05, 0.1) is 29.7 Å². The summed E-state index contributed by atoms with van der Waals surface area (Å²) in [6.45, 7) is 1.23. The first-order valence-corrected chi connectivity index (χ1v) is 11.3. The van der Waals surface area contributed by atoms with E-state index in [2.05, 4.69) is 15.3 Å². The number of aromatic nitrogens is 2. The lowest BCUT2D eigenvalue weighted by Crippen LogP contribution is -2.39. The zero-order chi connectivity index (χ0) is 23.0. The number of rotatable bonds is 6. The molecule has 1 aliphatic heterocycles. The van der Waals surface area contributed by atoms with Crippen LogP contribution in [0, 0.1) is 0 Å². The minimum Gasteiger partial charge on any atom is -0.399 e. The number of nitrogens with zero attached hydrogens (tertiary/aromatic N) is 3. The average Bonchev–Trinajstić information content (AvgIpc) is 2.66. The molecule has 3 rings (SSSR count). The number of hydrogen-bond acceptors (Lipinski definition) is 7.